The summed E-state index contributed by atoms with van der Waals surface area (Å²) < 4.78 is 19.1. The number of aromatic nitrogens is 2. The third kappa shape index (κ3) is 2.85. The van der Waals surface area contributed by atoms with E-state index in [0.29, 0.717) is 23.6 Å². The number of fused-ring (bicyclic) bond motifs is 1. The Hall–Kier alpha value is -2.08. The van der Waals surface area contributed by atoms with E-state index < -0.39 is 5.56 Å². The highest BCUT2D eigenvalue weighted by Crippen LogP contribution is 2.35. The lowest BCUT2D eigenvalue weighted by molar-refractivity contribution is 0.316. The first-order valence-corrected chi connectivity index (χ1v) is 6.95. The van der Waals surface area contributed by atoms with Gasteiger partial charge in [0.15, 0.2) is 0 Å². The predicted molar refractivity (Wildman–Crippen MR) is 77.4 cm³/mol. The van der Waals surface area contributed by atoms with Gasteiger partial charge in [0.25, 0.3) is 5.56 Å². The number of H-pyrrole nitrogens is 1. The number of halogens is 2. The molecule has 0 aliphatic carbocycles. The second kappa shape index (κ2) is 5.73. The number of hydrogen-bond acceptors (Lipinski definition) is 4. The number of aromatic amines is 1. The fraction of sp³-hybridized carbons (Fsp3) is 0.286. The number of anilines is 1. The third-order valence-corrected chi connectivity index (χ3v) is 3.74. The number of benzene rings is 1. The molecule has 7 heteroatoms. The van der Waals surface area contributed by atoms with Crippen LogP contribution in [0.5, 0.6) is 5.75 Å². The second-order valence-electron chi connectivity index (χ2n) is 4.80. The fourth-order valence-electron chi connectivity index (χ4n) is 2.37. The van der Waals surface area contributed by atoms with Crippen molar-refractivity contribution < 1.29 is 9.13 Å². The lowest BCUT2D eigenvalue weighted by Gasteiger charge is -2.19. The first kappa shape index (κ1) is 13.9. The van der Waals surface area contributed by atoms with E-state index in [9.17, 15) is 9.18 Å². The molecule has 1 atom stereocenters. The molecule has 0 saturated carbocycles. The summed E-state index contributed by atoms with van der Waals surface area (Å²) in [4.78, 5) is 11.5. The van der Waals surface area contributed by atoms with Crippen LogP contribution < -0.4 is 15.6 Å². The Bertz CT molecular complexity index is 720. The minimum absolute atomic E-state index is 0.0353. The minimum atomic E-state index is -0.467. The molecule has 3 rings (SSSR count). The van der Waals surface area contributed by atoms with Crippen LogP contribution in [-0.2, 0) is 0 Å². The normalized spacial score (nSPS) is 17.5. The van der Waals surface area contributed by atoms with Crippen LogP contribution in [0.2, 0.25) is 5.02 Å². The summed E-state index contributed by atoms with van der Waals surface area (Å²) in [5.41, 5.74) is 0.664. The van der Waals surface area contributed by atoms with Gasteiger partial charge < -0.3 is 10.1 Å². The van der Waals surface area contributed by atoms with Crippen LogP contribution in [0.25, 0.3) is 0 Å². The van der Waals surface area contributed by atoms with E-state index in [2.05, 4.69) is 15.5 Å². The van der Waals surface area contributed by atoms with Crippen LogP contribution in [0.3, 0.4) is 0 Å². The summed E-state index contributed by atoms with van der Waals surface area (Å²) in [5, 5.41) is 9.16. The van der Waals surface area contributed by atoms with Crippen molar-refractivity contribution in [2.75, 3.05) is 11.9 Å². The van der Waals surface area contributed by atoms with E-state index >= 15 is 0 Å². The predicted octanol–water partition coefficient (Wildman–Crippen LogP) is 2.89. The molecule has 0 fully saturated rings. The summed E-state index contributed by atoms with van der Waals surface area (Å²) >= 11 is 5.96. The number of nitrogens with one attached hydrogen (secondary N) is 2. The molecule has 1 unspecified atom stereocenters. The van der Waals surface area contributed by atoms with Crippen LogP contribution >= 0.6 is 11.6 Å². The molecule has 21 heavy (non-hydrogen) atoms. The van der Waals surface area contributed by atoms with Crippen molar-refractivity contribution in [2.45, 2.75) is 18.9 Å². The van der Waals surface area contributed by atoms with E-state index in [0.717, 1.165) is 12.8 Å². The Balaban J connectivity index is 1.97. The Morgan fingerprint density at radius 1 is 1.48 bits per heavy atom. The highest BCUT2D eigenvalue weighted by atomic mass is 35.5. The highest BCUT2D eigenvalue weighted by molar-refractivity contribution is 6.32. The highest BCUT2D eigenvalue weighted by Gasteiger charge is 2.21. The van der Waals surface area contributed by atoms with Gasteiger partial charge in [0.1, 0.15) is 16.6 Å². The van der Waals surface area contributed by atoms with Gasteiger partial charge in [0.2, 0.25) is 0 Å². The Labute approximate surface area is 125 Å². The van der Waals surface area contributed by atoms with Crippen molar-refractivity contribution >= 4 is 17.3 Å². The Kier molecular flexibility index (Phi) is 3.79. The van der Waals surface area contributed by atoms with Crippen molar-refractivity contribution in [3.63, 3.8) is 0 Å². The number of ether oxygens (including phenoxy) is 1. The van der Waals surface area contributed by atoms with E-state index in [-0.39, 0.29) is 16.9 Å². The molecule has 1 aromatic heterocycles. The standard InChI is InChI=1S/C14H13ClFN3O2/c15-13-11(7-17-19-14(13)20)18-10-2-1-5-21-12-4-3-8(16)6-9(10)12/h3-4,6-7,10H,1-2,5H2,(H2,18,19,20). The first-order chi connectivity index (χ1) is 10.1. The van der Waals surface area contributed by atoms with Crippen LogP contribution in [0.15, 0.2) is 29.2 Å². The maximum atomic E-state index is 13.5. The van der Waals surface area contributed by atoms with Gasteiger partial charge in [-0.2, -0.15) is 5.10 Å². The van der Waals surface area contributed by atoms with Crippen molar-refractivity contribution in [2.24, 2.45) is 0 Å². The summed E-state index contributed by atoms with van der Waals surface area (Å²) in [7, 11) is 0. The SMILES string of the molecule is O=c1[nH]ncc(NC2CCCOc3ccc(F)cc32)c1Cl. The third-order valence-electron chi connectivity index (χ3n) is 3.37. The van der Waals surface area contributed by atoms with Crippen LogP contribution in [0.1, 0.15) is 24.4 Å². The largest absolute Gasteiger partial charge is 0.493 e. The molecule has 0 saturated heterocycles. The monoisotopic (exact) mass is 309 g/mol. The molecule has 1 aromatic carbocycles. The molecule has 1 aliphatic heterocycles. The van der Waals surface area contributed by atoms with Gasteiger partial charge >= 0.3 is 0 Å². The molecular weight excluding hydrogens is 297 g/mol. The fourth-order valence-corrected chi connectivity index (χ4v) is 2.52. The molecule has 2 aromatic rings. The maximum absolute atomic E-state index is 13.5. The molecule has 1 aliphatic rings. The van der Waals surface area contributed by atoms with Crippen LogP contribution in [0.4, 0.5) is 10.1 Å². The topological polar surface area (TPSA) is 67.0 Å². The molecule has 2 heterocycles. The first-order valence-electron chi connectivity index (χ1n) is 6.57. The van der Waals surface area contributed by atoms with Gasteiger partial charge in [-0.15, -0.1) is 0 Å². The van der Waals surface area contributed by atoms with Crippen molar-refractivity contribution in [1.29, 1.82) is 0 Å². The average molecular weight is 310 g/mol. The summed E-state index contributed by atoms with van der Waals surface area (Å²) in [6.45, 7) is 0.568. The number of nitrogens with zero attached hydrogens (tertiary/aromatic N) is 1. The van der Waals surface area contributed by atoms with Gasteiger partial charge in [-0.25, -0.2) is 9.49 Å². The summed E-state index contributed by atoms with van der Waals surface area (Å²) in [6, 6.07) is 4.22. The molecule has 0 radical (unpaired) electrons. The van der Waals surface area contributed by atoms with Gasteiger partial charge in [-0.1, -0.05) is 11.6 Å². The lowest BCUT2D eigenvalue weighted by atomic mass is 10.0. The molecule has 5 nitrogen and oxygen atoms in total. The summed E-state index contributed by atoms with van der Waals surface area (Å²) in [6.07, 6.45) is 2.98. The lowest BCUT2D eigenvalue weighted by Crippen LogP contribution is -2.15. The van der Waals surface area contributed by atoms with Crippen LogP contribution in [0, 0.1) is 5.82 Å². The summed E-state index contributed by atoms with van der Waals surface area (Å²) in [5.74, 6) is 0.307. The van der Waals surface area contributed by atoms with Crippen LogP contribution in [-0.4, -0.2) is 16.8 Å². The van der Waals surface area contributed by atoms with Gasteiger partial charge in [-0.3, -0.25) is 4.79 Å². The van der Waals surface area contributed by atoms with Gasteiger partial charge in [0.05, 0.1) is 24.5 Å². The van der Waals surface area contributed by atoms with E-state index in [1.165, 1.54) is 18.3 Å². The van der Waals surface area contributed by atoms with Gasteiger partial charge in [0, 0.05) is 5.56 Å². The number of rotatable bonds is 2. The maximum Gasteiger partial charge on any atom is 0.285 e. The number of hydrogen-bond donors (Lipinski definition) is 2. The van der Waals surface area contributed by atoms with Crippen molar-refractivity contribution in [3.05, 3.63) is 51.2 Å². The smallest absolute Gasteiger partial charge is 0.285 e. The molecule has 2 N–H and O–H groups in total. The molecular formula is C14H13ClFN3O2. The van der Waals surface area contributed by atoms with Crippen molar-refractivity contribution in [1.82, 2.24) is 10.2 Å². The zero-order valence-corrected chi connectivity index (χ0v) is 11.8. The van der Waals surface area contributed by atoms with E-state index in [1.807, 2.05) is 0 Å². The van der Waals surface area contributed by atoms with Gasteiger partial charge in [-0.05, 0) is 31.0 Å². The van der Waals surface area contributed by atoms with E-state index in [4.69, 9.17) is 16.3 Å². The minimum Gasteiger partial charge on any atom is -0.493 e. The molecule has 0 bridgehead atoms. The Morgan fingerprint density at radius 3 is 3.19 bits per heavy atom. The zero-order chi connectivity index (χ0) is 14.8. The average Bonchev–Trinajstić information content (AvgIpc) is 2.66. The Morgan fingerprint density at radius 2 is 2.33 bits per heavy atom. The zero-order valence-electron chi connectivity index (χ0n) is 11.0. The molecule has 0 amide bonds. The molecule has 0 spiro atoms. The van der Waals surface area contributed by atoms with E-state index in [1.54, 1.807) is 6.07 Å². The van der Waals surface area contributed by atoms with Crippen molar-refractivity contribution in [3.8, 4) is 5.75 Å². The molecule has 110 valence electrons. The second-order valence-corrected chi connectivity index (χ2v) is 5.17. The quantitative estimate of drug-likeness (QED) is 0.895.